The van der Waals surface area contributed by atoms with Crippen molar-refractivity contribution in [2.75, 3.05) is 19.8 Å². The standard InChI is InChI=1S/C13H16N4O2/c1-9(2)8-19-6-5-14-13(18)10-3-4-11-12(7-10)16-17-15-11/h3-4,7H,1,5-6,8H2,2H3,(H,14,18)(H,15,16,17). The molecule has 0 spiro atoms. The lowest BCUT2D eigenvalue weighted by Gasteiger charge is -2.06. The molecular weight excluding hydrogens is 244 g/mol. The van der Waals surface area contributed by atoms with Gasteiger partial charge in [0.25, 0.3) is 5.91 Å². The number of hydrogen-bond acceptors (Lipinski definition) is 4. The number of rotatable bonds is 6. The smallest absolute Gasteiger partial charge is 0.251 e. The van der Waals surface area contributed by atoms with Crippen LogP contribution >= 0.6 is 0 Å². The molecule has 19 heavy (non-hydrogen) atoms. The van der Waals surface area contributed by atoms with E-state index in [1.807, 2.05) is 6.92 Å². The predicted octanol–water partition coefficient (Wildman–Crippen LogP) is 1.28. The number of ether oxygens (including phenoxy) is 1. The molecule has 2 aromatic rings. The van der Waals surface area contributed by atoms with Gasteiger partial charge in [0.15, 0.2) is 0 Å². The molecule has 0 aliphatic rings. The Balaban J connectivity index is 1.84. The zero-order valence-electron chi connectivity index (χ0n) is 10.8. The Morgan fingerprint density at radius 2 is 2.21 bits per heavy atom. The minimum absolute atomic E-state index is 0.149. The van der Waals surface area contributed by atoms with E-state index in [0.29, 0.717) is 30.8 Å². The highest BCUT2D eigenvalue weighted by Gasteiger charge is 2.07. The second kappa shape index (κ2) is 6.10. The largest absolute Gasteiger partial charge is 0.375 e. The molecule has 1 aromatic carbocycles. The van der Waals surface area contributed by atoms with Gasteiger partial charge in [0.1, 0.15) is 11.0 Å². The van der Waals surface area contributed by atoms with Gasteiger partial charge in [0.2, 0.25) is 0 Å². The maximum atomic E-state index is 11.9. The number of fused-ring (bicyclic) bond motifs is 1. The quantitative estimate of drug-likeness (QED) is 0.605. The molecule has 100 valence electrons. The Morgan fingerprint density at radius 3 is 3.00 bits per heavy atom. The summed E-state index contributed by atoms with van der Waals surface area (Å²) in [7, 11) is 0. The molecule has 2 N–H and O–H groups in total. The van der Waals surface area contributed by atoms with Crippen LogP contribution in [0.15, 0.2) is 30.4 Å². The highest BCUT2D eigenvalue weighted by molar-refractivity contribution is 5.97. The summed E-state index contributed by atoms with van der Waals surface area (Å²) in [5.41, 5.74) is 2.93. The van der Waals surface area contributed by atoms with Gasteiger partial charge >= 0.3 is 0 Å². The van der Waals surface area contributed by atoms with Crippen molar-refractivity contribution in [3.05, 3.63) is 35.9 Å². The van der Waals surface area contributed by atoms with Crippen LogP contribution in [0.3, 0.4) is 0 Å². The summed E-state index contributed by atoms with van der Waals surface area (Å²) < 4.78 is 5.30. The van der Waals surface area contributed by atoms with E-state index in [2.05, 4.69) is 27.3 Å². The Hall–Kier alpha value is -2.21. The Bertz CT molecular complexity index is 591. The highest BCUT2D eigenvalue weighted by Crippen LogP contribution is 2.10. The molecule has 0 unspecified atom stereocenters. The highest BCUT2D eigenvalue weighted by atomic mass is 16.5. The van der Waals surface area contributed by atoms with E-state index in [-0.39, 0.29) is 5.91 Å². The van der Waals surface area contributed by atoms with Crippen LogP contribution in [-0.4, -0.2) is 41.1 Å². The van der Waals surface area contributed by atoms with Crippen molar-refractivity contribution < 1.29 is 9.53 Å². The molecule has 0 bridgehead atoms. The third-order valence-electron chi connectivity index (χ3n) is 2.46. The third-order valence-corrected chi connectivity index (χ3v) is 2.46. The number of carbonyl (C=O) groups is 1. The molecule has 0 saturated heterocycles. The van der Waals surface area contributed by atoms with E-state index in [0.717, 1.165) is 11.1 Å². The van der Waals surface area contributed by atoms with Gasteiger partial charge < -0.3 is 10.1 Å². The van der Waals surface area contributed by atoms with Crippen LogP contribution in [0.2, 0.25) is 0 Å². The molecule has 1 amide bonds. The van der Waals surface area contributed by atoms with Crippen molar-refractivity contribution in [3.63, 3.8) is 0 Å². The topological polar surface area (TPSA) is 79.9 Å². The van der Waals surface area contributed by atoms with Crippen LogP contribution in [0.1, 0.15) is 17.3 Å². The van der Waals surface area contributed by atoms with Crippen LogP contribution in [0.5, 0.6) is 0 Å². The molecular formula is C13H16N4O2. The summed E-state index contributed by atoms with van der Waals surface area (Å²) in [4.78, 5) is 11.9. The molecule has 6 nitrogen and oxygen atoms in total. The van der Waals surface area contributed by atoms with Gasteiger partial charge in [-0.25, -0.2) is 0 Å². The van der Waals surface area contributed by atoms with Crippen molar-refractivity contribution >= 4 is 16.9 Å². The maximum Gasteiger partial charge on any atom is 0.251 e. The van der Waals surface area contributed by atoms with Crippen molar-refractivity contribution in [2.45, 2.75) is 6.92 Å². The predicted molar refractivity (Wildman–Crippen MR) is 71.9 cm³/mol. The fraction of sp³-hybridized carbons (Fsp3) is 0.308. The zero-order chi connectivity index (χ0) is 13.7. The molecule has 0 aliphatic carbocycles. The number of nitrogens with one attached hydrogen (secondary N) is 2. The number of carbonyl (C=O) groups excluding carboxylic acids is 1. The molecule has 0 aliphatic heterocycles. The number of hydrogen-bond donors (Lipinski definition) is 2. The first-order valence-corrected chi connectivity index (χ1v) is 5.97. The third kappa shape index (κ3) is 3.62. The van der Waals surface area contributed by atoms with Gasteiger partial charge in [-0.3, -0.25) is 4.79 Å². The Kier molecular flexibility index (Phi) is 4.25. The zero-order valence-corrected chi connectivity index (χ0v) is 10.8. The summed E-state index contributed by atoms with van der Waals surface area (Å²) in [6.07, 6.45) is 0. The minimum atomic E-state index is -0.149. The number of aromatic nitrogens is 3. The molecule has 0 saturated carbocycles. The summed E-state index contributed by atoms with van der Waals surface area (Å²) in [6.45, 7) is 7.06. The maximum absolute atomic E-state index is 11.9. The summed E-state index contributed by atoms with van der Waals surface area (Å²) >= 11 is 0. The van der Waals surface area contributed by atoms with Crippen molar-refractivity contribution in [2.24, 2.45) is 0 Å². The van der Waals surface area contributed by atoms with E-state index >= 15 is 0 Å². The van der Waals surface area contributed by atoms with Gasteiger partial charge in [-0.2, -0.15) is 15.4 Å². The van der Waals surface area contributed by atoms with E-state index in [4.69, 9.17) is 4.74 Å². The molecule has 0 atom stereocenters. The van der Waals surface area contributed by atoms with E-state index < -0.39 is 0 Å². The second-order valence-corrected chi connectivity index (χ2v) is 4.29. The Labute approximate surface area is 110 Å². The summed E-state index contributed by atoms with van der Waals surface area (Å²) in [5, 5.41) is 13.2. The van der Waals surface area contributed by atoms with Crippen molar-refractivity contribution in [3.8, 4) is 0 Å². The lowest BCUT2D eigenvalue weighted by atomic mass is 10.2. The Morgan fingerprint density at radius 1 is 1.42 bits per heavy atom. The average molecular weight is 260 g/mol. The fourth-order valence-corrected chi connectivity index (χ4v) is 1.57. The lowest BCUT2D eigenvalue weighted by molar-refractivity contribution is 0.0927. The first-order valence-electron chi connectivity index (χ1n) is 5.97. The SMILES string of the molecule is C=C(C)COCCNC(=O)c1ccc2n[nH]nc2c1. The molecule has 1 aromatic heterocycles. The minimum Gasteiger partial charge on any atom is -0.375 e. The van der Waals surface area contributed by atoms with Crippen LogP contribution in [0, 0.1) is 0 Å². The van der Waals surface area contributed by atoms with Crippen LogP contribution in [-0.2, 0) is 4.74 Å². The fourth-order valence-electron chi connectivity index (χ4n) is 1.57. The van der Waals surface area contributed by atoms with Gasteiger partial charge in [0.05, 0.1) is 13.2 Å². The van der Waals surface area contributed by atoms with Gasteiger partial charge in [-0.1, -0.05) is 12.2 Å². The van der Waals surface area contributed by atoms with Crippen LogP contribution in [0.25, 0.3) is 11.0 Å². The van der Waals surface area contributed by atoms with E-state index in [1.165, 1.54) is 0 Å². The van der Waals surface area contributed by atoms with Crippen molar-refractivity contribution in [1.82, 2.24) is 20.7 Å². The van der Waals surface area contributed by atoms with Crippen LogP contribution in [0.4, 0.5) is 0 Å². The van der Waals surface area contributed by atoms with Crippen LogP contribution < -0.4 is 5.32 Å². The monoisotopic (exact) mass is 260 g/mol. The molecule has 0 fully saturated rings. The number of H-pyrrole nitrogens is 1. The van der Waals surface area contributed by atoms with Crippen molar-refractivity contribution in [1.29, 1.82) is 0 Å². The van der Waals surface area contributed by atoms with E-state index in [1.54, 1.807) is 18.2 Å². The number of nitrogens with zero attached hydrogens (tertiary/aromatic N) is 2. The lowest BCUT2D eigenvalue weighted by Crippen LogP contribution is -2.27. The van der Waals surface area contributed by atoms with Gasteiger partial charge in [-0.15, -0.1) is 0 Å². The first kappa shape index (κ1) is 13.2. The molecule has 6 heteroatoms. The van der Waals surface area contributed by atoms with Gasteiger partial charge in [-0.05, 0) is 25.1 Å². The second-order valence-electron chi connectivity index (χ2n) is 4.29. The molecule has 2 rings (SSSR count). The van der Waals surface area contributed by atoms with Gasteiger partial charge in [0, 0.05) is 12.1 Å². The molecule has 0 radical (unpaired) electrons. The number of benzene rings is 1. The normalized spacial score (nSPS) is 10.6. The van der Waals surface area contributed by atoms with E-state index in [9.17, 15) is 4.79 Å². The molecule has 1 heterocycles. The summed E-state index contributed by atoms with van der Waals surface area (Å²) in [6, 6.07) is 5.17. The summed E-state index contributed by atoms with van der Waals surface area (Å²) in [5.74, 6) is -0.149. The average Bonchev–Trinajstić information content (AvgIpc) is 2.84. The first-order chi connectivity index (χ1) is 9.16. The number of aromatic amines is 1. The number of amides is 1.